The third-order valence-corrected chi connectivity index (χ3v) is 2.40. The number of aliphatic hydroxyl groups is 1. The highest BCUT2D eigenvalue weighted by molar-refractivity contribution is 4.81. The standard InChI is InChI=1S/C8H13F3O/c1-5(6-2-3-6)4-7(12)8(9,10)11/h5-7,12H,2-4H2,1H3/t5?,7-/m1/s1. The maximum Gasteiger partial charge on any atom is 0.414 e. The summed E-state index contributed by atoms with van der Waals surface area (Å²) in [5.41, 5.74) is 0. The van der Waals surface area contributed by atoms with Crippen LogP contribution in [0.5, 0.6) is 0 Å². The molecule has 0 spiro atoms. The fraction of sp³-hybridized carbons (Fsp3) is 1.00. The molecule has 1 nitrogen and oxygen atoms in total. The monoisotopic (exact) mass is 182 g/mol. The Hall–Kier alpha value is -0.250. The first-order chi connectivity index (χ1) is 5.41. The quantitative estimate of drug-likeness (QED) is 0.710. The number of halogens is 3. The van der Waals surface area contributed by atoms with Gasteiger partial charge < -0.3 is 5.11 Å². The van der Waals surface area contributed by atoms with Crippen molar-refractivity contribution in [3.8, 4) is 0 Å². The van der Waals surface area contributed by atoms with Crippen LogP contribution in [0.4, 0.5) is 13.2 Å². The SMILES string of the molecule is CC(C[C@@H](O)C(F)(F)F)C1CC1. The van der Waals surface area contributed by atoms with Gasteiger partial charge in [0.2, 0.25) is 0 Å². The summed E-state index contributed by atoms with van der Waals surface area (Å²) in [5, 5.41) is 8.71. The van der Waals surface area contributed by atoms with Crippen molar-refractivity contribution in [2.24, 2.45) is 11.8 Å². The summed E-state index contributed by atoms with van der Waals surface area (Å²) >= 11 is 0. The number of hydrogen-bond donors (Lipinski definition) is 1. The smallest absolute Gasteiger partial charge is 0.384 e. The maximum absolute atomic E-state index is 11.8. The van der Waals surface area contributed by atoms with Crippen LogP contribution in [0.25, 0.3) is 0 Å². The third kappa shape index (κ3) is 2.66. The molecule has 0 radical (unpaired) electrons. The van der Waals surface area contributed by atoms with Crippen LogP contribution in [0, 0.1) is 11.8 Å². The second-order valence-electron chi connectivity index (χ2n) is 3.61. The van der Waals surface area contributed by atoms with E-state index in [9.17, 15) is 13.2 Å². The molecule has 2 atom stereocenters. The van der Waals surface area contributed by atoms with Crippen molar-refractivity contribution in [1.82, 2.24) is 0 Å². The lowest BCUT2D eigenvalue weighted by molar-refractivity contribution is -0.208. The van der Waals surface area contributed by atoms with Crippen molar-refractivity contribution in [1.29, 1.82) is 0 Å². The molecule has 1 saturated carbocycles. The molecule has 1 aliphatic rings. The van der Waals surface area contributed by atoms with Gasteiger partial charge in [0.05, 0.1) is 0 Å². The topological polar surface area (TPSA) is 20.2 Å². The van der Waals surface area contributed by atoms with E-state index in [1.165, 1.54) is 0 Å². The van der Waals surface area contributed by atoms with Gasteiger partial charge >= 0.3 is 6.18 Å². The summed E-state index contributed by atoms with van der Waals surface area (Å²) in [6.07, 6.45) is -4.68. The van der Waals surface area contributed by atoms with E-state index in [4.69, 9.17) is 5.11 Å². The Morgan fingerprint density at radius 2 is 1.92 bits per heavy atom. The molecular formula is C8H13F3O. The van der Waals surface area contributed by atoms with E-state index in [0.29, 0.717) is 5.92 Å². The van der Waals surface area contributed by atoms with Gasteiger partial charge in [0.1, 0.15) is 6.10 Å². The van der Waals surface area contributed by atoms with Crippen LogP contribution in [0.3, 0.4) is 0 Å². The summed E-state index contributed by atoms with van der Waals surface area (Å²) in [6, 6.07) is 0. The van der Waals surface area contributed by atoms with Gasteiger partial charge in [0.15, 0.2) is 0 Å². The van der Waals surface area contributed by atoms with Crippen LogP contribution >= 0.6 is 0 Å². The first-order valence-corrected chi connectivity index (χ1v) is 4.16. The zero-order valence-corrected chi connectivity index (χ0v) is 6.93. The molecule has 1 aliphatic carbocycles. The molecule has 0 aliphatic heterocycles. The van der Waals surface area contributed by atoms with Gasteiger partial charge in [-0.05, 0) is 31.1 Å². The molecule has 0 aromatic heterocycles. The molecule has 1 fully saturated rings. The lowest BCUT2D eigenvalue weighted by Gasteiger charge is -2.18. The van der Waals surface area contributed by atoms with Gasteiger partial charge in [0.25, 0.3) is 0 Å². The number of rotatable bonds is 3. The number of alkyl halides is 3. The van der Waals surface area contributed by atoms with E-state index in [-0.39, 0.29) is 12.3 Å². The highest BCUT2D eigenvalue weighted by Crippen LogP contribution is 2.40. The van der Waals surface area contributed by atoms with Crippen molar-refractivity contribution in [3.63, 3.8) is 0 Å². The zero-order valence-electron chi connectivity index (χ0n) is 6.93. The minimum absolute atomic E-state index is 0.00150. The molecule has 1 N–H and O–H groups in total. The second-order valence-corrected chi connectivity index (χ2v) is 3.61. The van der Waals surface area contributed by atoms with Crippen LogP contribution in [0.15, 0.2) is 0 Å². The van der Waals surface area contributed by atoms with Crippen molar-refractivity contribution < 1.29 is 18.3 Å². The summed E-state index contributed by atoms with van der Waals surface area (Å²) in [4.78, 5) is 0. The average molecular weight is 182 g/mol. The molecule has 0 saturated heterocycles. The van der Waals surface area contributed by atoms with Crippen LogP contribution in [0.2, 0.25) is 0 Å². The molecule has 1 rings (SSSR count). The lowest BCUT2D eigenvalue weighted by Crippen LogP contribution is -2.30. The molecule has 0 bridgehead atoms. The van der Waals surface area contributed by atoms with Crippen molar-refractivity contribution >= 4 is 0 Å². The highest BCUT2D eigenvalue weighted by atomic mass is 19.4. The fourth-order valence-electron chi connectivity index (χ4n) is 1.34. The fourth-order valence-corrected chi connectivity index (χ4v) is 1.34. The lowest BCUT2D eigenvalue weighted by atomic mass is 9.98. The third-order valence-electron chi connectivity index (χ3n) is 2.40. The molecule has 0 aromatic carbocycles. The van der Waals surface area contributed by atoms with Crippen LogP contribution in [0.1, 0.15) is 26.2 Å². The summed E-state index contributed by atoms with van der Waals surface area (Å²) in [7, 11) is 0. The Morgan fingerprint density at radius 1 is 1.42 bits per heavy atom. The van der Waals surface area contributed by atoms with Gasteiger partial charge in [-0.3, -0.25) is 0 Å². The highest BCUT2D eigenvalue weighted by Gasteiger charge is 2.41. The predicted molar refractivity (Wildman–Crippen MR) is 38.6 cm³/mol. The average Bonchev–Trinajstić information content (AvgIpc) is 2.65. The summed E-state index contributed by atoms with van der Waals surface area (Å²) < 4.78 is 35.5. The Bertz CT molecular complexity index is 151. The van der Waals surface area contributed by atoms with E-state index < -0.39 is 12.3 Å². The van der Waals surface area contributed by atoms with Gasteiger partial charge in [-0.1, -0.05) is 6.92 Å². The Kier molecular flexibility index (Phi) is 2.66. The van der Waals surface area contributed by atoms with E-state index >= 15 is 0 Å². The predicted octanol–water partition coefficient (Wildman–Crippen LogP) is 2.35. The van der Waals surface area contributed by atoms with Crippen LogP contribution in [-0.4, -0.2) is 17.4 Å². The van der Waals surface area contributed by atoms with Gasteiger partial charge in [-0.15, -0.1) is 0 Å². The van der Waals surface area contributed by atoms with Gasteiger partial charge in [0, 0.05) is 0 Å². The maximum atomic E-state index is 11.8. The first-order valence-electron chi connectivity index (χ1n) is 4.16. The molecule has 12 heavy (non-hydrogen) atoms. The number of hydrogen-bond acceptors (Lipinski definition) is 1. The van der Waals surface area contributed by atoms with Crippen LogP contribution < -0.4 is 0 Å². The molecular weight excluding hydrogens is 169 g/mol. The second kappa shape index (κ2) is 3.24. The van der Waals surface area contributed by atoms with E-state index in [1.54, 1.807) is 6.92 Å². The Morgan fingerprint density at radius 3 is 2.25 bits per heavy atom. The van der Waals surface area contributed by atoms with E-state index in [0.717, 1.165) is 12.8 Å². The number of aliphatic hydroxyl groups excluding tert-OH is 1. The minimum atomic E-state index is -4.44. The van der Waals surface area contributed by atoms with Crippen LogP contribution in [-0.2, 0) is 0 Å². The minimum Gasteiger partial charge on any atom is -0.384 e. The normalized spacial score (nSPS) is 23.8. The Balaban J connectivity index is 2.29. The molecule has 72 valence electrons. The largest absolute Gasteiger partial charge is 0.414 e. The summed E-state index contributed by atoms with van der Waals surface area (Å²) in [6.45, 7) is 1.77. The van der Waals surface area contributed by atoms with Crippen molar-refractivity contribution in [3.05, 3.63) is 0 Å². The molecule has 0 heterocycles. The van der Waals surface area contributed by atoms with Gasteiger partial charge in [-0.25, -0.2) is 0 Å². The summed E-state index contributed by atoms with van der Waals surface area (Å²) in [5.74, 6) is 0.420. The van der Waals surface area contributed by atoms with E-state index in [1.807, 2.05) is 0 Å². The Labute approximate surface area is 69.6 Å². The van der Waals surface area contributed by atoms with E-state index in [2.05, 4.69) is 0 Å². The van der Waals surface area contributed by atoms with Crippen molar-refractivity contribution in [2.75, 3.05) is 0 Å². The van der Waals surface area contributed by atoms with Crippen molar-refractivity contribution in [2.45, 2.75) is 38.5 Å². The molecule has 0 amide bonds. The molecule has 1 unspecified atom stereocenters. The first kappa shape index (κ1) is 9.84. The van der Waals surface area contributed by atoms with Gasteiger partial charge in [-0.2, -0.15) is 13.2 Å². The zero-order chi connectivity index (χ0) is 9.35. The molecule has 4 heteroatoms. The molecule has 0 aromatic rings.